The van der Waals surface area contributed by atoms with Crippen molar-refractivity contribution in [1.29, 1.82) is 0 Å². The van der Waals surface area contributed by atoms with Crippen LogP contribution in [-0.2, 0) is 11.2 Å². The number of hydrogen-bond donors (Lipinski definition) is 0. The first-order valence-electron chi connectivity index (χ1n) is 4.04. The summed E-state index contributed by atoms with van der Waals surface area (Å²) < 4.78 is 5.97. The summed E-state index contributed by atoms with van der Waals surface area (Å²) >= 11 is 9.19. The molecule has 0 aliphatic rings. The average molecular weight is 265 g/mol. The van der Waals surface area contributed by atoms with E-state index in [2.05, 4.69) is 20.9 Å². The zero-order valence-corrected chi connectivity index (χ0v) is 9.73. The highest BCUT2D eigenvalue weighted by Crippen LogP contribution is 2.18. The Kier molecular flexibility index (Phi) is 4.70. The molecule has 0 fully saturated rings. The fourth-order valence-electron chi connectivity index (χ4n) is 1.02. The van der Waals surface area contributed by atoms with Crippen molar-refractivity contribution in [1.82, 2.24) is 4.98 Å². The first-order valence-corrected chi connectivity index (χ1v) is 5.21. The van der Waals surface area contributed by atoms with E-state index in [9.17, 15) is 0 Å². The third-order valence-electron chi connectivity index (χ3n) is 1.65. The van der Waals surface area contributed by atoms with Gasteiger partial charge in [0.05, 0.1) is 5.69 Å². The molecule has 1 aromatic heterocycles. The van der Waals surface area contributed by atoms with Crippen molar-refractivity contribution in [3.63, 3.8) is 0 Å². The van der Waals surface area contributed by atoms with Gasteiger partial charge in [0, 0.05) is 18.2 Å². The van der Waals surface area contributed by atoms with Crippen molar-refractivity contribution < 1.29 is 4.74 Å². The predicted molar refractivity (Wildman–Crippen MR) is 57.1 cm³/mol. The quantitative estimate of drug-likeness (QED) is 0.616. The van der Waals surface area contributed by atoms with E-state index in [4.69, 9.17) is 16.3 Å². The smallest absolute Gasteiger partial charge is 0.129 e. The van der Waals surface area contributed by atoms with E-state index in [1.165, 1.54) is 0 Å². The van der Waals surface area contributed by atoms with Crippen molar-refractivity contribution in [2.24, 2.45) is 0 Å². The molecule has 0 aromatic carbocycles. The summed E-state index contributed by atoms with van der Waals surface area (Å²) in [7, 11) is 1.69. The first-order chi connectivity index (χ1) is 6.24. The first kappa shape index (κ1) is 11.0. The van der Waals surface area contributed by atoms with Gasteiger partial charge in [-0.15, -0.1) is 0 Å². The van der Waals surface area contributed by atoms with Gasteiger partial charge >= 0.3 is 0 Å². The Morgan fingerprint density at radius 2 is 2.31 bits per heavy atom. The molecular weight excluding hydrogens is 253 g/mol. The van der Waals surface area contributed by atoms with Gasteiger partial charge in [-0.2, -0.15) is 0 Å². The highest BCUT2D eigenvalue weighted by molar-refractivity contribution is 9.10. The molecule has 1 aromatic rings. The highest BCUT2D eigenvalue weighted by Gasteiger charge is 2.01. The minimum atomic E-state index is 0.538. The lowest BCUT2D eigenvalue weighted by molar-refractivity contribution is 0.195. The van der Waals surface area contributed by atoms with E-state index in [1.807, 2.05) is 6.07 Å². The van der Waals surface area contributed by atoms with E-state index in [-0.39, 0.29) is 0 Å². The van der Waals surface area contributed by atoms with E-state index < -0.39 is 0 Å². The molecule has 0 radical (unpaired) electrons. The Hall–Kier alpha value is -0.120. The van der Waals surface area contributed by atoms with Crippen LogP contribution in [-0.4, -0.2) is 18.7 Å². The summed E-state index contributed by atoms with van der Waals surface area (Å²) in [4.78, 5) is 4.21. The van der Waals surface area contributed by atoms with E-state index in [0.29, 0.717) is 5.15 Å². The summed E-state index contributed by atoms with van der Waals surface area (Å²) in [5, 5.41) is 0.538. The molecule has 13 heavy (non-hydrogen) atoms. The van der Waals surface area contributed by atoms with Crippen molar-refractivity contribution in [3.8, 4) is 0 Å². The highest BCUT2D eigenvalue weighted by atomic mass is 79.9. The summed E-state index contributed by atoms with van der Waals surface area (Å²) in [6.45, 7) is 0.751. The minimum absolute atomic E-state index is 0.538. The number of aryl methyl sites for hydroxylation is 1. The second-order valence-electron chi connectivity index (χ2n) is 2.66. The number of ether oxygens (including phenoxy) is 1. The van der Waals surface area contributed by atoms with Gasteiger partial charge in [0.15, 0.2) is 0 Å². The van der Waals surface area contributed by atoms with Crippen LogP contribution in [0, 0.1) is 0 Å². The maximum Gasteiger partial charge on any atom is 0.129 e. The topological polar surface area (TPSA) is 22.1 Å². The normalized spacial score (nSPS) is 10.4. The van der Waals surface area contributed by atoms with Crippen molar-refractivity contribution in [2.45, 2.75) is 12.8 Å². The van der Waals surface area contributed by atoms with Gasteiger partial charge < -0.3 is 4.74 Å². The van der Waals surface area contributed by atoms with Gasteiger partial charge in [-0.1, -0.05) is 11.6 Å². The van der Waals surface area contributed by atoms with Gasteiger partial charge in [-0.05, 0) is 40.9 Å². The molecule has 2 nitrogen and oxygen atoms in total. The third-order valence-corrected chi connectivity index (χ3v) is 2.58. The SMILES string of the molecule is COCCCc1nc(Cl)ccc1Br. The zero-order chi connectivity index (χ0) is 9.68. The average Bonchev–Trinajstić information content (AvgIpc) is 2.11. The molecule has 0 N–H and O–H groups in total. The van der Waals surface area contributed by atoms with E-state index in [1.54, 1.807) is 13.2 Å². The number of pyridine rings is 1. The van der Waals surface area contributed by atoms with Crippen LogP contribution in [0.25, 0.3) is 0 Å². The van der Waals surface area contributed by atoms with Crippen LogP contribution in [0.15, 0.2) is 16.6 Å². The molecule has 72 valence electrons. The monoisotopic (exact) mass is 263 g/mol. The van der Waals surface area contributed by atoms with Crippen LogP contribution in [0.1, 0.15) is 12.1 Å². The molecule has 0 saturated carbocycles. The fourth-order valence-corrected chi connectivity index (χ4v) is 1.60. The van der Waals surface area contributed by atoms with Crippen molar-refractivity contribution in [2.75, 3.05) is 13.7 Å². The summed E-state index contributed by atoms with van der Waals surface area (Å²) in [6, 6.07) is 3.68. The summed E-state index contributed by atoms with van der Waals surface area (Å²) in [5.74, 6) is 0. The number of aromatic nitrogens is 1. The Bertz CT molecular complexity index is 280. The zero-order valence-electron chi connectivity index (χ0n) is 7.39. The molecule has 0 bridgehead atoms. The molecule has 1 rings (SSSR count). The molecule has 0 aliphatic heterocycles. The van der Waals surface area contributed by atoms with Crippen LogP contribution in [0.2, 0.25) is 5.15 Å². The molecule has 0 amide bonds. The molecule has 4 heteroatoms. The lowest BCUT2D eigenvalue weighted by Crippen LogP contribution is -1.96. The number of halogens is 2. The Morgan fingerprint density at radius 1 is 1.54 bits per heavy atom. The molecular formula is C9H11BrClNO. The van der Waals surface area contributed by atoms with E-state index in [0.717, 1.165) is 29.6 Å². The number of rotatable bonds is 4. The van der Waals surface area contributed by atoms with Gasteiger partial charge in [0.2, 0.25) is 0 Å². The van der Waals surface area contributed by atoms with Crippen LogP contribution in [0.3, 0.4) is 0 Å². The van der Waals surface area contributed by atoms with Gasteiger partial charge in [-0.25, -0.2) is 4.98 Å². The Morgan fingerprint density at radius 3 is 3.00 bits per heavy atom. The molecule has 0 aliphatic carbocycles. The van der Waals surface area contributed by atoms with Crippen LogP contribution in [0.5, 0.6) is 0 Å². The Balaban J connectivity index is 2.59. The summed E-state index contributed by atoms with van der Waals surface area (Å²) in [5.41, 5.74) is 0.990. The standard InChI is InChI=1S/C9H11BrClNO/c1-13-6-2-3-8-7(10)4-5-9(11)12-8/h4-5H,2-3,6H2,1H3. The van der Waals surface area contributed by atoms with Crippen LogP contribution < -0.4 is 0 Å². The fraction of sp³-hybridized carbons (Fsp3) is 0.444. The number of hydrogen-bond acceptors (Lipinski definition) is 2. The van der Waals surface area contributed by atoms with E-state index >= 15 is 0 Å². The maximum absolute atomic E-state index is 5.77. The van der Waals surface area contributed by atoms with Crippen LogP contribution in [0.4, 0.5) is 0 Å². The lowest BCUT2D eigenvalue weighted by atomic mass is 10.2. The Labute approximate surface area is 91.4 Å². The molecule has 0 unspecified atom stereocenters. The van der Waals surface area contributed by atoms with Crippen molar-refractivity contribution >= 4 is 27.5 Å². The molecule has 1 heterocycles. The number of nitrogens with zero attached hydrogens (tertiary/aromatic N) is 1. The van der Waals surface area contributed by atoms with Gasteiger partial charge in [-0.3, -0.25) is 0 Å². The lowest BCUT2D eigenvalue weighted by Gasteiger charge is -2.03. The number of methoxy groups -OCH3 is 1. The predicted octanol–water partition coefficient (Wildman–Crippen LogP) is 3.08. The molecule has 0 saturated heterocycles. The molecule has 0 atom stereocenters. The van der Waals surface area contributed by atoms with Gasteiger partial charge in [0.1, 0.15) is 5.15 Å². The second kappa shape index (κ2) is 5.58. The van der Waals surface area contributed by atoms with Crippen LogP contribution >= 0.6 is 27.5 Å². The third kappa shape index (κ3) is 3.63. The minimum Gasteiger partial charge on any atom is -0.385 e. The van der Waals surface area contributed by atoms with Crippen molar-refractivity contribution in [3.05, 3.63) is 27.5 Å². The molecule has 0 spiro atoms. The largest absolute Gasteiger partial charge is 0.385 e. The second-order valence-corrected chi connectivity index (χ2v) is 3.90. The maximum atomic E-state index is 5.77. The summed E-state index contributed by atoms with van der Waals surface area (Å²) in [6.07, 6.45) is 1.84. The van der Waals surface area contributed by atoms with Gasteiger partial charge in [0.25, 0.3) is 0 Å².